The van der Waals surface area contributed by atoms with Crippen LogP contribution in [0.1, 0.15) is 18.5 Å². The molecule has 3 heterocycles. The first-order valence-electron chi connectivity index (χ1n) is 6.85. The third kappa shape index (κ3) is 2.80. The molecule has 1 aliphatic rings. The van der Waals surface area contributed by atoms with E-state index in [9.17, 15) is 9.59 Å². The lowest BCUT2D eigenvalue weighted by molar-refractivity contribution is -0.122. The van der Waals surface area contributed by atoms with E-state index in [1.54, 1.807) is 6.92 Å². The Morgan fingerprint density at radius 2 is 2.43 bits per heavy atom. The Labute approximate surface area is 120 Å². The van der Waals surface area contributed by atoms with Crippen LogP contribution in [-0.2, 0) is 16.1 Å². The van der Waals surface area contributed by atoms with Crippen molar-refractivity contribution in [1.29, 1.82) is 0 Å². The van der Waals surface area contributed by atoms with E-state index >= 15 is 0 Å². The quantitative estimate of drug-likeness (QED) is 0.850. The molecule has 1 unspecified atom stereocenters. The lowest BCUT2D eigenvalue weighted by atomic mass is 10.2. The highest BCUT2D eigenvalue weighted by Gasteiger charge is 2.17. The van der Waals surface area contributed by atoms with Gasteiger partial charge < -0.3 is 14.6 Å². The number of carbonyl (C=O) groups excluding carboxylic acids is 1. The molecule has 8 nitrogen and oxygen atoms in total. The molecule has 0 radical (unpaired) electrons. The summed E-state index contributed by atoms with van der Waals surface area (Å²) in [5.74, 6) is -0.247. The predicted octanol–water partition coefficient (Wildman–Crippen LogP) is -0.0119. The molecule has 0 bridgehead atoms. The second-order valence-electron chi connectivity index (χ2n) is 5.06. The standard InChI is InChI=1S/C13H16N4O4/c1-8-11-12(21-16-8)15-7-17(13(11)19)6-10(18)14-5-9-3-2-4-20-9/h7,9H,2-6H2,1H3,(H,14,18). The number of hydrogen-bond donors (Lipinski definition) is 1. The van der Waals surface area contributed by atoms with Gasteiger partial charge in [0.25, 0.3) is 11.3 Å². The van der Waals surface area contributed by atoms with Gasteiger partial charge in [-0.25, -0.2) is 4.98 Å². The molecule has 1 aliphatic heterocycles. The number of carbonyl (C=O) groups is 1. The molecule has 21 heavy (non-hydrogen) atoms. The van der Waals surface area contributed by atoms with Crippen LogP contribution in [0.2, 0.25) is 0 Å². The molecule has 0 aliphatic carbocycles. The van der Waals surface area contributed by atoms with Crippen molar-refractivity contribution in [2.75, 3.05) is 13.2 Å². The Bertz CT molecular complexity index is 715. The van der Waals surface area contributed by atoms with Gasteiger partial charge in [0.2, 0.25) is 5.91 Å². The summed E-state index contributed by atoms with van der Waals surface area (Å²) < 4.78 is 11.6. The molecular weight excluding hydrogens is 276 g/mol. The summed E-state index contributed by atoms with van der Waals surface area (Å²) in [4.78, 5) is 28.1. The van der Waals surface area contributed by atoms with Crippen LogP contribution in [0.15, 0.2) is 15.6 Å². The first kappa shape index (κ1) is 13.7. The smallest absolute Gasteiger partial charge is 0.267 e. The molecule has 112 valence electrons. The van der Waals surface area contributed by atoms with Gasteiger partial charge in [-0.15, -0.1) is 0 Å². The number of amides is 1. The molecule has 1 atom stereocenters. The zero-order valence-electron chi connectivity index (χ0n) is 11.7. The first-order chi connectivity index (χ1) is 10.1. The van der Waals surface area contributed by atoms with Crippen molar-refractivity contribution in [1.82, 2.24) is 20.0 Å². The van der Waals surface area contributed by atoms with Crippen molar-refractivity contribution in [2.24, 2.45) is 0 Å². The minimum Gasteiger partial charge on any atom is -0.376 e. The summed E-state index contributed by atoms with van der Waals surface area (Å²) in [6.45, 7) is 2.79. The summed E-state index contributed by atoms with van der Waals surface area (Å²) in [6, 6.07) is 0. The molecule has 2 aromatic heterocycles. The molecule has 3 rings (SSSR count). The highest BCUT2D eigenvalue weighted by molar-refractivity contribution is 5.77. The van der Waals surface area contributed by atoms with Crippen LogP contribution in [0.4, 0.5) is 0 Å². The third-order valence-electron chi connectivity index (χ3n) is 3.50. The SMILES string of the molecule is Cc1noc2ncn(CC(=O)NCC3CCCO3)c(=O)c12. The normalized spacial score (nSPS) is 18.2. The van der Waals surface area contributed by atoms with E-state index in [2.05, 4.69) is 15.5 Å². The van der Waals surface area contributed by atoms with Gasteiger partial charge in [0, 0.05) is 13.2 Å². The zero-order valence-corrected chi connectivity index (χ0v) is 11.7. The molecule has 1 saturated heterocycles. The zero-order chi connectivity index (χ0) is 14.8. The van der Waals surface area contributed by atoms with Crippen molar-refractivity contribution >= 4 is 17.0 Å². The maximum absolute atomic E-state index is 12.2. The molecule has 1 amide bonds. The highest BCUT2D eigenvalue weighted by Crippen LogP contribution is 2.11. The molecule has 1 fully saturated rings. The van der Waals surface area contributed by atoms with Crippen molar-refractivity contribution in [3.63, 3.8) is 0 Å². The van der Waals surface area contributed by atoms with Crippen LogP contribution in [0.5, 0.6) is 0 Å². The monoisotopic (exact) mass is 292 g/mol. The minimum atomic E-state index is -0.328. The molecule has 1 N–H and O–H groups in total. The maximum atomic E-state index is 12.2. The van der Waals surface area contributed by atoms with Crippen LogP contribution in [0.25, 0.3) is 11.1 Å². The van der Waals surface area contributed by atoms with Gasteiger partial charge in [0.05, 0.1) is 11.8 Å². The molecule has 2 aromatic rings. The van der Waals surface area contributed by atoms with Gasteiger partial charge in [0.1, 0.15) is 18.3 Å². The number of nitrogens with one attached hydrogen (secondary N) is 1. The van der Waals surface area contributed by atoms with Gasteiger partial charge in [-0.05, 0) is 19.8 Å². The van der Waals surface area contributed by atoms with Crippen LogP contribution in [0.3, 0.4) is 0 Å². The Morgan fingerprint density at radius 1 is 1.57 bits per heavy atom. The fourth-order valence-corrected chi connectivity index (χ4v) is 2.37. The van der Waals surface area contributed by atoms with E-state index in [1.807, 2.05) is 0 Å². The third-order valence-corrected chi connectivity index (χ3v) is 3.50. The second-order valence-corrected chi connectivity index (χ2v) is 5.06. The summed E-state index contributed by atoms with van der Waals surface area (Å²) in [6.07, 6.45) is 3.34. The second kappa shape index (κ2) is 5.65. The van der Waals surface area contributed by atoms with E-state index in [0.29, 0.717) is 17.6 Å². The van der Waals surface area contributed by atoms with Gasteiger partial charge in [-0.1, -0.05) is 5.16 Å². The Kier molecular flexibility index (Phi) is 3.70. The fourth-order valence-electron chi connectivity index (χ4n) is 2.37. The Balaban J connectivity index is 1.69. The summed E-state index contributed by atoms with van der Waals surface area (Å²) >= 11 is 0. The predicted molar refractivity (Wildman–Crippen MR) is 72.8 cm³/mol. The number of nitrogens with zero attached hydrogens (tertiary/aromatic N) is 3. The number of aromatic nitrogens is 3. The summed E-state index contributed by atoms with van der Waals surface area (Å²) in [5, 5.41) is 6.77. The average molecular weight is 292 g/mol. The molecule has 8 heteroatoms. The molecule has 0 spiro atoms. The average Bonchev–Trinajstić information content (AvgIpc) is 3.10. The summed E-state index contributed by atoms with van der Waals surface area (Å²) in [5.41, 5.74) is 0.330. The van der Waals surface area contributed by atoms with E-state index < -0.39 is 0 Å². The highest BCUT2D eigenvalue weighted by atomic mass is 16.5. The molecule has 0 saturated carbocycles. The number of fused-ring (bicyclic) bond motifs is 1. The van der Waals surface area contributed by atoms with Gasteiger partial charge in [0.15, 0.2) is 0 Å². The number of aryl methyl sites for hydroxylation is 1. The largest absolute Gasteiger partial charge is 0.376 e. The number of hydrogen-bond acceptors (Lipinski definition) is 6. The van der Waals surface area contributed by atoms with Gasteiger partial charge in [-0.2, -0.15) is 0 Å². The van der Waals surface area contributed by atoms with E-state index in [1.165, 1.54) is 10.9 Å². The lowest BCUT2D eigenvalue weighted by Gasteiger charge is -2.11. The van der Waals surface area contributed by atoms with Crippen LogP contribution < -0.4 is 10.9 Å². The van der Waals surface area contributed by atoms with Gasteiger partial charge in [-0.3, -0.25) is 14.2 Å². The lowest BCUT2D eigenvalue weighted by Crippen LogP contribution is -2.36. The van der Waals surface area contributed by atoms with Crippen molar-refractivity contribution < 1.29 is 14.1 Å². The molecule has 0 aromatic carbocycles. The van der Waals surface area contributed by atoms with Crippen molar-refractivity contribution in [3.05, 3.63) is 22.4 Å². The van der Waals surface area contributed by atoms with Crippen molar-refractivity contribution in [3.8, 4) is 0 Å². The van der Waals surface area contributed by atoms with Crippen LogP contribution in [-0.4, -0.2) is 39.9 Å². The van der Waals surface area contributed by atoms with Gasteiger partial charge >= 0.3 is 0 Å². The topological polar surface area (TPSA) is 99.2 Å². The van der Waals surface area contributed by atoms with Crippen molar-refractivity contribution in [2.45, 2.75) is 32.4 Å². The Hall–Kier alpha value is -2.22. The van der Waals surface area contributed by atoms with Crippen LogP contribution >= 0.6 is 0 Å². The van der Waals surface area contributed by atoms with E-state index in [0.717, 1.165) is 19.4 Å². The maximum Gasteiger partial charge on any atom is 0.267 e. The fraction of sp³-hybridized carbons (Fsp3) is 0.538. The van der Waals surface area contributed by atoms with Crippen LogP contribution in [0, 0.1) is 6.92 Å². The Morgan fingerprint density at radius 3 is 3.19 bits per heavy atom. The minimum absolute atomic E-state index is 0.0756. The number of rotatable bonds is 4. The number of ether oxygens (including phenoxy) is 1. The van der Waals surface area contributed by atoms with E-state index in [-0.39, 0.29) is 29.8 Å². The summed E-state index contributed by atoms with van der Waals surface area (Å²) in [7, 11) is 0. The first-order valence-corrected chi connectivity index (χ1v) is 6.85. The van der Waals surface area contributed by atoms with E-state index in [4.69, 9.17) is 9.26 Å². The molecular formula is C13H16N4O4.